The second-order valence-electron chi connectivity index (χ2n) is 8.93. The molecular weight excluding hydrogens is 402 g/mol. The van der Waals surface area contributed by atoms with Crippen molar-refractivity contribution in [3.8, 4) is 22.8 Å². The van der Waals surface area contributed by atoms with Crippen molar-refractivity contribution < 1.29 is 4.74 Å². The zero-order valence-electron chi connectivity index (χ0n) is 18.9. The molecule has 1 aromatic heterocycles. The minimum atomic E-state index is -0.187. The molecular formula is C25H31N5O2. The molecule has 0 bridgehead atoms. The quantitative estimate of drug-likeness (QED) is 0.483. The van der Waals surface area contributed by atoms with Gasteiger partial charge in [-0.1, -0.05) is 19.1 Å². The third kappa shape index (κ3) is 4.16. The van der Waals surface area contributed by atoms with Gasteiger partial charge < -0.3 is 9.64 Å². The number of likely N-dealkylation sites (N-methyl/N-ethyl adjacent to an activating group) is 1. The highest BCUT2D eigenvalue weighted by atomic mass is 16.5. The van der Waals surface area contributed by atoms with Crippen molar-refractivity contribution in [3.63, 3.8) is 0 Å². The van der Waals surface area contributed by atoms with Gasteiger partial charge in [0.1, 0.15) is 17.2 Å². The summed E-state index contributed by atoms with van der Waals surface area (Å²) in [6, 6.07) is 11.9. The molecule has 7 nitrogen and oxygen atoms in total. The number of benzene rings is 2. The predicted molar refractivity (Wildman–Crippen MR) is 127 cm³/mol. The van der Waals surface area contributed by atoms with Gasteiger partial charge in [0.05, 0.1) is 10.8 Å². The molecule has 0 radical (unpaired) electrons. The maximum atomic E-state index is 12.2. The summed E-state index contributed by atoms with van der Waals surface area (Å²) < 4.78 is 6.11. The van der Waals surface area contributed by atoms with E-state index in [1.807, 2.05) is 24.3 Å². The Morgan fingerprint density at radius 3 is 2.69 bits per heavy atom. The third-order valence-corrected chi connectivity index (χ3v) is 6.57. The van der Waals surface area contributed by atoms with Crippen LogP contribution in [0.3, 0.4) is 0 Å². The van der Waals surface area contributed by atoms with E-state index in [0.717, 1.165) is 68.2 Å². The number of hydrogen-bond acceptors (Lipinski definition) is 6. The fourth-order valence-electron chi connectivity index (χ4n) is 4.77. The van der Waals surface area contributed by atoms with Crippen LogP contribution in [0.15, 0.2) is 41.2 Å². The van der Waals surface area contributed by atoms with Crippen LogP contribution in [0.1, 0.15) is 18.9 Å². The van der Waals surface area contributed by atoms with Crippen LogP contribution in [0.25, 0.3) is 22.0 Å². The average Bonchev–Trinajstić information content (AvgIpc) is 2.81. The van der Waals surface area contributed by atoms with Gasteiger partial charge in [0.2, 0.25) is 0 Å². The Labute approximate surface area is 188 Å². The summed E-state index contributed by atoms with van der Waals surface area (Å²) >= 11 is 0. The van der Waals surface area contributed by atoms with Gasteiger partial charge in [0.25, 0.3) is 5.56 Å². The van der Waals surface area contributed by atoms with Gasteiger partial charge in [0.15, 0.2) is 0 Å². The number of ether oxygens (including phenoxy) is 1. The van der Waals surface area contributed by atoms with Crippen LogP contribution in [0, 0.1) is 0 Å². The first-order chi connectivity index (χ1) is 15.6. The Morgan fingerprint density at radius 2 is 1.88 bits per heavy atom. The van der Waals surface area contributed by atoms with E-state index in [4.69, 9.17) is 4.74 Å². The molecule has 5 rings (SSSR count). The molecule has 0 atom stereocenters. The van der Waals surface area contributed by atoms with Crippen LogP contribution in [-0.4, -0.2) is 77.8 Å². The molecule has 1 saturated heterocycles. The number of fused-ring (bicyclic) bond motifs is 2. The van der Waals surface area contributed by atoms with E-state index >= 15 is 0 Å². The lowest BCUT2D eigenvalue weighted by Gasteiger charge is -2.35. The number of rotatable bonds is 7. The Balaban J connectivity index is 1.28. The third-order valence-electron chi connectivity index (χ3n) is 6.57. The molecule has 3 aromatic rings. The van der Waals surface area contributed by atoms with E-state index in [-0.39, 0.29) is 5.56 Å². The number of aromatic nitrogens is 2. The molecule has 32 heavy (non-hydrogen) atoms. The number of nitrogens with one attached hydrogen (secondary N) is 1. The van der Waals surface area contributed by atoms with Crippen molar-refractivity contribution in [3.05, 3.63) is 52.3 Å². The minimum Gasteiger partial charge on any atom is -0.456 e. The van der Waals surface area contributed by atoms with Crippen molar-refractivity contribution in [1.29, 1.82) is 0 Å². The summed E-state index contributed by atoms with van der Waals surface area (Å²) in [5.74, 6) is 1.48. The standard InChI is InChI=1S/C25H31N5O2/c1-3-9-28(2)10-11-29-12-14-30(15-13-29)17-18-7-8-21-20(16-18)24-23-19(25(31)27-26-24)5-4-6-22(23)32-21/h4-8,16H,3,9-15,17H2,1-2H3,(H,27,31). The summed E-state index contributed by atoms with van der Waals surface area (Å²) in [4.78, 5) is 19.7. The van der Waals surface area contributed by atoms with Crippen molar-refractivity contribution in [1.82, 2.24) is 24.9 Å². The van der Waals surface area contributed by atoms with Gasteiger partial charge in [-0.25, -0.2) is 5.10 Å². The van der Waals surface area contributed by atoms with Gasteiger partial charge >= 0.3 is 0 Å². The normalized spacial score (nSPS) is 16.3. The summed E-state index contributed by atoms with van der Waals surface area (Å²) in [6.45, 7) is 11.0. The van der Waals surface area contributed by atoms with Crippen LogP contribution in [0.5, 0.6) is 11.5 Å². The summed E-state index contributed by atoms with van der Waals surface area (Å²) in [5.41, 5.74) is 2.79. The van der Waals surface area contributed by atoms with Gasteiger partial charge in [0, 0.05) is 51.4 Å². The number of hydrogen-bond donors (Lipinski definition) is 1. The number of H-pyrrole nitrogens is 1. The van der Waals surface area contributed by atoms with Gasteiger partial charge in [-0.2, -0.15) is 5.10 Å². The molecule has 0 saturated carbocycles. The molecule has 168 valence electrons. The van der Waals surface area contributed by atoms with E-state index in [2.05, 4.69) is 51.0 Å². The van der Waals surface area contributed by atoms with E-state index in [0.29, 0.717) is 11.1 Å². The molecule has 0 aliphatic carbocycles. The Morgan fingerprint density at radius 1 is 1.06 bits per heavy atom. The minimum absolute atomic E-state index is 0.187. The highest BCUT2D eigenvalue weighted by Gasteiger charge is 2.24. The lowest BCUT2D eigenvalue weighted by atomic mass is 9.99. The second-order valence-corrected chi connectivity index (χ2v) is 8.93. The smallest absolute Gasteiger partial charge is 0.272 e. The van der Waals surface area contributed by atoms with E-state index < -0.39 is 0 Å². The first-order valence-electron chi connectivity index (χ1n) is 11.6. The molecule has 1 N–H and O–H groups in total. The molecule has 1 fully saturated rings. The SMILES string of the molecule is CCCN(C)CCN1CCN(Cc2ccc3c(c2)-c2n[nH]c(=O)c4cccc(c24)O3)CC1. The molecule has 2 aliphatic rings. The second kappa shape index (κ2) is 9.02. The molecule has 0 amide bonds. The van der Waals surface area contributed by atoms with Crippen LogP contribution >= 0.6 is 0 Å². The topological polar surface area (TPSA) is 64.7 Å². The monoisotopic (exact) mass is 433 g/mol. The first-order valence-corrected chi connectivity index (χ1v) is 11.6. The first kappa shape index (κ1) is 21.1. The molecule has 2 aliphatic heterocycles. The molecule has 0 spiro atoms. The van der Waals surface area contributed by atoms with Crippen molar-refractivity contribution in [2.24, 2.45) is 0 Å². The number of aromatic amines is 1. The highest BCUT2D eigenvalue weighted by Crippen LogP contribution is 2.44. The predicted octanol–water partition coefficient (Wildman–Crippen LogP) is 3.16. The average molecular weight is 434 g/mol. The zero-order valence-corrected chi connectivity index (χ0v) is 18.9. The van der Waals surface area contributed by atoms with Crippen molar-refractivity contribution >= 4 is 10.8 Å². The maximum Gasteiger partial charge on any atom is 0.272 e. The van der Waals surface area contributed by atoms with Crippen LogP contribution < -0.4 is 10.3 Å². The van der Waals surface area contributed by atoms with Crippen LogP contribution in [0.2, 0.25) is 0 Å². The fraction of sp³-hybridized carbons (Fsp3) is 0.440. The van der Waals surface area contributed by atoms with Crippen LogP contribution in [0.4, 0.5) is 0 Å². The molecule has 7 heteroatoms. The lowest BCUT2D eigenvalue weighted by molar-refractivity contribution is 0.118. The molecule has 3 heterocycles. The zero-order chi connectivity index (χ0) is 22.1. The van der Waals surface area contributed by atoms with E-state index in [9.17, 15) is 4.79 Å². The lowest BCUT2D eigenvalue weighted by Crippen LogP contribution is -2.47. The largest absolute Gasteiger partial charge is 0.456 e. The van der Waals surface area contributed by atoms with Crippen molar-refractivity contribution in [2.45, 2.75) is 19.9 Å². The van der Waals surface area contributed by atoms with Gasteiger partial charge in [-0.05, 0) is 49.8 Å². The maximum absolute atomic E-state index is 12.2. The molecule has 0 unspecified atom stereocenters. The van der Waals surface area contributed by atoms with Gasteiger partial charge in [-0.15, -0.1) is 0 Å². The van der Waals surface area contributed by atoms with E-state index in [1.54, 1.807) is 0 Å². The summed E-state index contributed by atoms with van der Waals surface area (Å²) in [7, 11) is 2.21. The summed E-state index contributed by atoms with van der Waals surface area (Å²) in [5, 5.41) is 8.44. The fourth-order valence-corrected chi connectivity index (χ4v) is 4.77. The van der Waals surface area contributed by atoms with Gasteiger partial charge in [-0.3, -0.25) is 14.6 Å². The molecule has 2 aromatic carbocycles. The Hall–Kier alpha value is -2.74. The van der Waals surface area contributed by atoms with Crippen LogP contribution in [-0.2, 0) is 6.54 Å². The Kier molecular flexibility index (Phi) is 5.95. The number of piperazine rings is 1. The Bertz CT molecular complexity index is 1170. The van der Waals surface area contributed by atoms with Crippen molar-refractivity contribution in [2.75, 3.05) is 52.9 Å². The summed E-state index contributed by atoms with van der Waals surface area (Å²) in [6.07, 6.45) is 1.21. The van der Waals surface area contributed by atoms with E-state index in [1.165, 1.54) is 18.5 Å². The highest BCUT2D eigenvalue weighted by molar-refractivity contribution is 6.01. The number of nitrogens with zero attached hydrogens (tertiary/aromatic N) is 4.